The fourth-order valence-electron chi connectivity index (χ4n) is 3.89. The van der Waals surface area contributed by atoms with Gasteiger partial charge in [0.2, 0.25) is 0 Å². The number of alkyl halides is 1. The normalized spacial score (nSPS) is 13.0. The van der Waals surface area contributed by atoms with Gasteiger partial charge in [-0.25, -0.2) is 0 Å². The Morgan fingerprint density at radius 2 is 1.24 bits per heavy atom. The summed E-state index contributed by atoms with van der Waals surface area (Å²) in [6, 6.07) is 8.60. The van der Waals surface area contributed by atoms with Crippen molar-refractivity contribution in [3.05, 3.63) is 35.4 Å². The minimum Gasteiger partial charge on any atom is -0.328 e. The van der Waals surface area contributed by atoms with Crippen LogP contribution in [0.4, 0.5) is 0 Å². The number of benzene rings is 1. The van der Waals surface area contributed by atoms with Crippen LogP contribution >= 0.6 is 11.6 Å². The van der Waals surface area contributed by atoms with Gasteiger partial charge in [0, 0.05) is 31.6 Å². The van der Waals surface area contributed by atoms with E-state index in [9.17, 15) is 0 Å². The van der Waals surface area contributed by atoms with E-state index in [1.807, 2.05) is 20.8 Å². The summed E-state index contributed by atoms with van der Waals surface area (Å²) in [5.41, 5.74) is 2.48. The van der Waals surface area contributed by atoms with E-state index in [0.717, 1.165) is 24.8 Å². The molecule has 1 atom stereocenters. The van der Waals surface area contributed by atoms with Gasteiger partial charge in [-0.15, -0.1) is 11.6 Å². The lowest BCUT2D eigenvalue weighted by Crippen LogP contribution is -2.47. The topological polar surface area (TPSA) is 27.7 Å². The number of unbranched alkanes of at least 4 members (excludes halogenated alkanes) is 5. The van der Waals surface area contributed by atoms with Crippen LogP contribution in [0.1, 0.15) is 90.2 Å². The molecule has 0 saturated carbocycles. The molecule has 0 aromatic heterocycles. The minimum atomic E-state index is -0.933. The van der Waals surface area contributed by atoms with Crippen LogP contribution in [0.25, 0.3) is 0 Å². The summed E-state index contributed by atoms with van der Waals surface area (Å²) in [6.07, 6.45) is 10.7. The van der Waals surface area contributed by atoms with Crippen molar-refractivity contribution in [2.45, 2.75) is 97.3 Å². The molecule has 168 valence electrons. The summed E-state index contributed by atoms with van der Waals surface area (Å²) in [6.45, 7) is 10.0. The molecule has 0 spiro atoms. The van der Waals surface area contributed by atoms with Crippen molar-refractivity contribution in [3.63, 3.8) is 0 Å². The van der Waals surface area contributed by atoms with Crippen molar-refractivity contribution in [3.8, 4) is 0 Å². The van der Waals surface area contributed by atoms with Crippen LogP contribution < -0.4 is 0 Å². The van der Waals surface area contributed by atoms with E-state index in [1.165, 1.54) is 44.1 Å². The van der Waals surface area contributed by atoms with Crippen LogP contribution in [0.2, 0.25) is 0 Å². The van der Waals surface area contributed by atoms with E-state index in [4.69, 9.17) is 25.8 Å². The molecule has 3 nitrogen and oxygen atoms in total. The van der Waals surface area contributed by atoms with Crippen LogP contribution in [0.3, 0.4) is 0 Å². The lowest BCUT2D eigenvalue weighted by Gasteiger charge is -2.39. The number of hydrogen-bond donors (Lipinski definition) is 0. The van der Waals surface area contributed by atoms with Gasteiger partial charge in [0.25, 0.3) is 5.97 Å². The maximum Gasteiger partial charge on any atom is 0.285 e. The van der Waals surface area contributed by atoms with Gasteiger partial charge in [-0.3, -0.25) is 0 Å². The molecule has 1 unspecified atom stereocenters. The molecule has 1 rings (SSSR count). The fraction of sp³-hybridized carbons (Fsp3) is 0.760. The Morgan fingerprint density at radius 3 is 1.76 bits per heavy atom. The first-order valence-corrected chi connectivity index (χ1v) is 12.2. The maximum absolute atomic E-state index is 6.13. The Kier molecular flexibility index (Phi) is 14.7. The van der Waals surface area contributed by atoms with Gasteiger partial charge in [0.1, 0.15) is 0 Å². The smallest absolute Gasteiger partial charge is 0.285 e. The monoisotopic (exact) mass is 426 g/mol. The van der Waals surface area contributed by atoms with E-state index < -0.39 is 5.97 Å². The summed E-state index contributed by atoms with van der Waals surface area (Å²) in [7, 11) is 0. The molecular formula is C25H43ClO3. The fourth-order valence-corrected chi connectivity index (χ4v) is 4.07. The summed E-state index contributed by atoms with van der Waals surface area (Å²) >= 11 is 5.92. The first-order chi connectivity index (χ1) is 14.2. The molecule has 0 aliphatic heterocycles. The van der Waals surface area contributed by atoms with Crippen molar-refractivity contribution in [2.75, 3.05) is 19.8 Å². The summed E-state index contributed by atoms with van der Waals surface area (Å²) < 4.78 is 18.4. The highest BCUT2D eigenvalue weighted by Gasteiger charge is 2.41. The molecule has 1 aromatic rings. The highest BCUT2D eigenvalue weighted by atomic mass is 35.5. The quantitative estimate of drug-likeness (QED) is 0.138. The first kappa shape index (κ1) is 26.4. The molecule has 1 aromatic carbocycles. The van der Waals surface area contributed by atoms with E-state index in [0.29, 0.717) is 25.7 Å². The van der Waals surface area contributed by atoms with Crippen molar-refractivity contribution in [1.82, 2.24) is 0 Å². The van der Waals surface area contributed by atoms with Gasteiger partial charge >= 0.3 is 0 Å². The number of aryl methyl sites for hydroxylation is 1. The average molecular weight is 427 g/mol. The molecule has 0 bridgehead atoms. The zero-order valence-electron chi connectivity index (χ0n) is 19.2. The van der Waals surface area contributed by atoms with E-state index >= 15 is 0 Å². The van der Waals surface area contributed by atoms with Crippen LogP contribution in [0.5, 0.6) is 0 Å². The largest absolute Gasteiger partial charge is 0.328 e. The van der Waals surface area contributed by atoms with Crippen LogP contribution in [-0.2, 0) is 26.5 Å². The molecule has 0 radical (unpaired) electrons. The van der Waals surface area contributed by atoms with E-state index in [1.54, 1.807) is 0 Å². The van der Waals surface area contributed by atoms with E-state index in [-0.39, 0.29) is 5.92 Å². The Morgan fingerprint density at radius 1 is 0.724 bits per heavy atom. The number of rotatable bonds is 18. The third-order valence-corrected chi connectivity index (χ3v) is 5.71. The first-order valence-electron chi connectivity index (χ1n) is 11.7. The van der Waals surface area contributed by atoms with E-state index in [2.05, 4.69) is 31.2 Å². The van der Waals surface area contributed by atoms with Gasteiger partial charge in [-0.05, 0) is 51.2 Å². The minimum absolute atomic E-state index is 0.209. The van der Waals surface area contributed by atoms with Gasteiger partial charge in [0.05, 0.1) is 0 Å². The Bertz CT molecular complexity index is 486. The molecule has 4 heteroatoms. The van der Waals surface area contributed by atoms with Gasteiger partial charge in [-0.1, -0.05) is 69.7 Å². The van der Waals surface area contributed by atoms with Crippen molar-refractivity contribution < 1.29 is 14.2 Å². The van der Waals surface area contributed by atoms with Crippen LogP contribution in [0.15, 0.2) is 24.3 Å². The molecule has 0 aliphatic rings. The Hall–Kier alpha value is -0.610. The average Bonchev–Trinajstić information content (AvgIpc) is 2.73. The van der Waals surface area contributed by atoms with Gasteiger partial charge < -0.3 is 14.2 Å². The highest BCUT2D eigenvalue weighted by molar-refractivity contribution is 6.17. The SMILES string of the molecule is CCCCCCCCC(CCc1ccc(CCl)cc1)C(OCC)(OCC)OCC. The summed E-state index contributed by atoms with van der Waals surface area (Å²) in [5.74, 6) is -0.165. The second-order valence-corrected chi connectivity index (χ2v) is 7.91. The van der Waals surface area contributed by atoms with Crippen molar-refractivity contribution in [1.29, 1.82) is 0 Å². The molecular weight excluding hydrogens is 384 g/mol. The summed E-state index contributed by atoms with van der Waals surface area (Å²) in [5, 5.41) is 0. The molecule has 0 amide bonds. The predicted molar refractivity (Wildman–Crippen MR) is 123 cm³/mol. The highest BCUT2D eigenvalue weighted by Crippen LogP contribution is 2.34. The second-order valence-electron chi connectivity index (χ2n) is 7.64. The molecule has 0 heterocycles. The third kappa shape index (κ3) is 9.83. The van der Waals surface area contributed by atoms with Crippen molar-refractivity contribution in [2.24, 2.45) is 5.92 Å². The molecule has 0 aliphatic carbocycles. The van der Waals surface area contributed by atoms with Gasteiger partial charge in [0.15, 0.2) is 0 Å². The summed E-state index contributed by atoms with van der Waals surface area (Å²) in [4.78, 5) is 0. The molecule has 0 saturated heterocycles. The zero-order valence-corrected chi connectivity index (χ0v) is 19.9. The maximum atomic E-state index is 6.13. The number of ether oxygens (including phenoxy) is 3. The van der Waals surface area contributed by atoms with Gasteiger partial charge in [-0.2, -0.15) is 0 Å². The van der Waals surface area contributed by atoms with Crippen LogP contribution in [0, 0.1) is 5.92 Å². The Labute approximate surface area is 184 Å². The number of hydrogen-bond acceptors (Lipinski definition) is 3. The molecule has 29 heavy (non-hydrogen) atoms. The Balaban J connectivity index is 2.82. The molecule has 0 fully saturated rings. The predicted octanol–water partition coefficient (Wildman–Crippen LogP) is 7.49. The van der Waals surface area contributed by atoms with Crippen molar-refractivity contribution >= 4 is 11.6 Å². The van der Waals surface area contributed by atoms with Crippen LogP contribution in [-0.4, -0.2) is 25.8 Å². The lowest BCUT2D eigenvalue weighted by molar-refractivity contribution is -0.403. The second kappa shape index (κ2) is 16.1. The standard InChI is InChI=1S/C25H43ClO3/c1-5-9-10-11-12-13-14-24(25(27-6-2,28-7-3)29-8-4)20-19-22-15-17-23(21-26)18-16-22/h15-18,24H,5-14,19-21H2,1-4H3. The lowest BCUT2D eigenvalue weighted by atomic mass is 9.91. The number of halogens is 1. The third-order valence-electron chi connectivity index (χ3n) is 5.40. The zero-order chi connectivity index (χ0) is 21.4. The molecule has 0 N–H and O–H groups in total.